The Kier molecular flexibility index (Phi) is 9.05. The number of carbonyl (C=O) groups excluding carboxylic acids is 4. The molecule has 0 aromatic heterocycles. The van der Waals surface area contributed by atoms with Crippen LogP contribution in [-0.2, 0) is 20.8 Å². The predicted octanol–water partition coefficient (Wildman–Crippen LogP) is -1.10. The number of amides is 4. The van der Waals surface area contributed by atoms with Crippen LogP contribution in [0.15, 0.2) is 42.5 Å². The Hall–Kier alpha value is -4.27. The summed E-state index contributed by atoms with van der Waals surface area (Å²) in [6.45, 7) is -1.48. The van der Waals surface area contributed by atoms with E-state index >= 15 is 0 Å². The minimum Gasteiger partial charge on any atom is -0.535 e. The van der Waals surface area contributed by atoms with Gasteiger partial charge in [-0.25, -0.2) is 14.0 Å². The summed E-state index contributed by atoms with van der Waals surface area (Å²) in [5.41, 5.74) is 0.638. The fraction of sp³-hybridized carbons (Fsp3) is 0.320. The number of halogens is 1. The molecular weight excluding hydrogens is 543 g/mol. The monoisotopic (exact) mass is 569 g/mol. The van der Waals surface area contributed by atoms with Gasteiger partial charge in [-0.2, -0.15) is 0 Å². The molecule has 2 aliphatic rings. The normalized spacial score (nSPS) is 17.5. The summed E-state index contributed by atoms with van der Waals surface area (Å²) in [5, 5.41) is 41.3. The number of urea groups is 1. The van der Waals surface area contributed by atoms with Gasteiger partial charge >= 0.3 is 38.1 Å². The lowest BCUT2D eigenvalue weighted by atomic mass is 9.64. The molecule has 2 aromatic rings. The van der Waals surface area contributed by atoms with Crippen molar-refractivity contribution in [2.24, 2.45) is 0 Å². The number of carboxylic acid groups (broad SMARTS) is 1. The van der Waals surface area contributed by atoms with Crippen LogP contribution in [0, 0.1) is 0 Å². The Morgan fingerprint density at radius 1 is 1.10 bits per heavy atom. The first-order chi connectivity index (χ1) is 19.5. The molecule has 13 nitrogen and oxygen atoms in total. The SMILES string of the molecule is O=C(O)c1cccc2c1OB(O)[C@@H](CC(=O)C(NC(=O)N1CCN(CCF)C(=O)C1=O)c1ccc(B(O)O)cc1)C2. The average Bonchev–Trinajstić information content (AvgIpc) is 2.94. The predicted molar refractivity (Wildman–Crippen MR) is 141 cm³/mol. The van der Waals surface area contributed by atoms with Crippen molar-refractivity contribution in [3.63, 3.8) is 0 Å². The van der Waals surface area contributed by atoms with Crippen LogP contribution in [0.25, 0.3) is 0 Å². The van der Waals surface area contributed by atoms with E-state index in [1.54, 1.807) is 6.07 Å². The van der Waals surface area contributed by atoms with Gasteiger partial charge in [0.05, 0.1) is 5.56 Å². The number of rotatable bonds is 9. The number of nitrogens with zero attached hydrogens (tertiary/aromatic N) is 2. The van der Waals surface area contributed by atoms with Crippen LogP contribution in [0.4, 0.5) is 9.18 Å². The first kappa shape index (κ1) is 29.7. The molecule has 5 N–H and O–H groups in total. The van der Waals surface area contributed by atoms with Gasteiger partial charge in [-0.3, -0.25) is 19.3 Å². The molecule has 4 rings (SSSR count). The van der Waals surface area contributed by atoms with Crippen molar-refractivity contribution in [3.05, 3.63) is 59.2 Å². The number of fused-ring (bicyclic) bond motifs is 1. The number of imide groups is 1. The van der Waals surface area contributed by atoms with Gasteiger partial charge in [0.15, 0.2) is 5.78 Å². The molecule has 2 aliphatic heterocycles. The second-order valence-corrected chi connectivity index (χ2v) is 9.60. The molecule has 2 heterocycles. The first-order valence-electron chi connectivity index (χ1n) is 12.7. The number of hydrogen-bond donors (Lipinski definition) is 5. The zero-order chi connectivity index (χ0) is 29.8. The molecule has 0 saturated carbocycles. The lowest BCUT2D eigenvalue weighted by Gasteiger charge is -2.33. The molecule has 0 radical (unpaired) electrons. The van der Waals surface area contributed by atoms with Crippen LogP contribution < -0.4 is 15.4 Å². The van der Waals surface area contributed by atoms with Crippen LogP contribution in [-0.4, -0.2) is 100 Å². The van der Waals surface area contributed by atoms with Crippen LogP contribution >= 0.6 is 0 Å². The molecule has 2 aromatic carbocycles. The Bertz CT molecular complexity index is 1360. The van der Waals surface area contributed by atoms with Gasteiger partial charge in [0.2, 0.25) is 0 Å². The quantitative estimate of drug-likeness (QED) is 0.183. The van der Waals surface area contributed by atoms with Crippen LogP contribution in [0.1, 0.15) is 33.9 Å². The van der Waals surface area contributed by atoms with E-state index in [2.05, 4.69) is 5.32 Å². The summed E-state index contributed by atoms with van der Waals surface area (Å²) in [4.78, 5) is 64.6. The van der Waals surface area contributed by atoms with Crippen molar-refractivity contribution in [2.75, 3.05) is 26.3 Å². The highest BCUT2D eigenvalue weighted by Gasteiger charge is 2.41. The maximum absolute atomic E-state index is 13.6. The number of benzene rings is 2. The smallest absolute Gasteiger partial charge is 0.526 e. The van der Waals surface area contributed by atoms with Crippen LogP contribution in [0.2, 0.25) is 5.82 Å². The molecule has 0 spiro atoms. The molecule has 2 atom stereocenters. The summed E-state index contributed by atoms with van der Waals surface area (Å²) in [6, 6.07) is 7.36. The zero-order valence-electron chi connectivity index (χ0n) is 21.6. The van der Waals surface area contributed by atoms with Crippen LogP contribution in [0.5, 0.6) is 5.75 Å². The number of nitrogens with one attached hydrogen (secondary N) is 1. The second-order valence-electron chi connectivity index (χ2n) is 9.60. The lowest BCUT2D eigenvalue weighted by molar-refractivity contribution is -0.153. The number of aromatic carboxylic acids is 1. The highest BCUT2D eigenvalue weighted by atomic mass is 19.1. The average molecular weight is 569 g/mol. The van der Waals surface area contributed by atoms with Crippen molar-refractivity contribution in [1.29, 1.82) is 0 Å². The lowest BCUT2D eigenvalue weighted by Crippen LogP contribution is -2.59. The Balaban J connectivity index is 1.56. The summed E-state index contributed by atoms with van der Waals surface area (Å²) in [6.07, 6.45) is -0.256. The van der Waals surface area contributed by atoms with E-state index in [-0.39, 0.29) is 54.8 Å². The number of carboxylic acids is 1. The van der Waals surface area contributed by atoms with E-state index in [0.29, 0.717) is 10.5 Å². The fourth-order valence-corrected chi connectivity index (χ4v) is 4.80. The number of hydrogen-bond acceptors (Lipinski definition) is 9. The fourth-order valence-electron chi connectivity index (χ4n) is 4.80. The molecule has 41 heavy (non-hydrogen) atoms. The summed E-state index contributed by atoms with van der Waals surface area (Å²) in [5.74, 6) is -4.94. The van der Waals surface area contributed by atoms with Crippen molar-refractivity contribution < 1.29 is 53.2 Å². The third-order valence-electron chi connectivity index (χ3n) is 6.98. The molecular formula is C25H26B2FN3O10. The number of alkyl halides is 1. The van der Waals surface area contributed by atoms with Gasteiger partial charge < -0.3 is 35.0 Å². The summed E-state index contributed by atoms with van der Waals surface area (Å²) >= 11 is 0. The molecule has 0 aliphatic carbocycles. The topological polar surface area (TPSA) is 194 Å². The van der Waals surface area contributed by atoms with E-state index in [0.717, 1.165) is 4.90 Å². The highest BCUT2D eigenvalue weighted by molar-refractivity contribution is 6.58. The molecule has 1 saturated heterocycles. The molecule has 0 bridgehead atoms. The van der Waals surface area contributed by atoms with Gasteiger partial charge in [0, 0.05) is 31.9 Å². The minimum absolute atomic E-state index is 0.00529. The standard InChI is InChI=1S/C25H26B2FN3O10/c28-8-9-30-10-11-31(23(34)22(30)33)25(37)29-20(14-4-6-16(7-5-14)26(38)39)19(32)13-17-12-15-2-1-3-18(24(35)36)21(15)41-27(17)40/h1-7,17,20,38-40H,8-13H2,(H,29,37)(H,35,36)/t17-,20?/m1/s1. The van der Waals surface area contributed by atoms with Gasteiger partial charge in [-0.15, -0.1) is 0 Å². The first-order valence-corrected chi connectivity index (χ1v) is 12.7. The molecule has 1 unspecified atom stereocenters. The highest BCUT2D eigenvalue weighted by Crippen LogP contribution is 2.37. The maximum atomic E-state index is 13.6. The van der Waals surface area contributed by atoms with Gasteiger partial charge in [0.25, 0.3) is 0 Å². The summed E-state index contributed by atoms with van der Waals surface area (Å²) in [7, 11) is -3.33. The Morgan fingerprint density at radius 3 is 2.44 bits per heavy atom. The third-order valence-corrected chi connectivity index (χ3v) is 6.98. The number of piperazine rings is 1. The third kappa shape index (κ3) is 6.39. The second kappa shape index (κ2) is 12.5. The van der Waals surface area contributed by atoms with E-state index in [4.69, 9.17) is 4.65 Å². The van der Waals surface area contributed by atoms with E-state index in [1.165, 1.54) is 36.4 Å². The Labute approximate surface area is 233 Å². The van der Waals surface area contributed by atoms with Crippen LogP contribution in [0.3, 0.4) is 0 Å². The van der Waals surface area contributed by atoms with Gasteiger partial charge in [-0.1, -0.05) is 36.4 Å². The number of para-hydroxylation sites is 1. The largest absolute Gasteiger partial charge is 0.535 e. The van der Waals surface area contributed by atoms with Crippen molar-refractivity contribution in [3.8, 4) is 5.75 Å². The number of carbonyl (C=O) groups is 5. The van der Waals surface area contributed by atoms with E-state index < -0.39 is 62.4 Å². The van der Waals surface area contributed by atoms with Crippen molar-refractivity contribution in [1.82, 2.24) is 15.1 Å². The zero-order valence-corrected chi connectivity index (χ0v) is 21.6. The number of Topliss-reactive ketones (excluding diaryl/α,β-unsaturated/α-hetero) is 1. The maximum Gasteiger partial charge on any atom is 0.526 e. The molecule has 4 amide bonds. The van der Waals surface area contributed by atoms with Crippen molar-refractivity contribution in [2.45, 2.75) is 24.7 Å². The van der Waals surface area contributed by atoms with E-state index in [1.807, 2.05) is 0 Å². The molecule has 16 heteroatoms. The molecule has 214 valence electrons. The summed E-state index contributed by atoms with van der Waals surface area (Å²) < 4.78 is 18.2. The van der Waals surface area contributed by atoms with Gasteiger partial charge in [-0.05, 0) is 29.1 Å². The Morgan fingerprint density at radius 2 is 1.80 bits per heavy atom. The van der Waals surface area contributed by atoms with E-state index in [9.17, 15) is 48.5 Å². The van der Waals surface area contributed by atoms with Gasteiger partial charge in [0.1, 0.15) is 18.5 Å². The number of ketones is 1. The van der Waals surface area contributed by atoms with Crippen molar-refractivity contribution >= 4 is 49.3 Å². The molecule has 1 fully saturated rings. The minimum atomic E-state index is -1.79.